The number of aromatic nitrogens is 4. The molecule has 1 atom stereocenters. The smallest absolute Gasteiger partial charge is 0.274 e. The number of hydrogen-bond donors (Lipinski definition) is 2. The van der Waals surface area contributed by atoms with Gasteiger partial charge >= 0.3 is 0 Å². The molecule has 2 heterocycles. The molecular weight excluding hydrogens is 348 g/mol. The van der Waals surface area contributed by atoms with Gasteiger partial charge in [-0.1, -0.05) is 53.3 Å². The summed E-state index contributed by atoms with van der Waals surface area (Å²) in [6.07, 6.45) is 1.62. The second-order valence-corrected chi connectivity index (χ2v) is 6.42. The number of benzene rings is 1. The van der Waals surface area contributed by atoms with Crippen LogP contribution in [0.25, 0.3) is 0 Å². The number of halogens is 1. The maximum absolute atomic E-state index is 12.6. The fourth-order valence-electron chi connectivity index (χ4n) is 2.21. The number of nitrogens with two attached hydrogens (primary N) is 1. The molecule has 0 aliphatic heterocycles. The molecule has 1 aromatic carbocycles. The fourth-order valence-corrected chi connectivity index (χ4v) is 3.14. The van der Waals surface area contributed by atoms with Crippen LogP contribution >= 0.6 is 22.9 Å². The molecule has 0 fully saturated rings. The Morgan fingerprint density at radius 3 is 2.71 bits per heavy atom. The zero-order valence-corrected chi connectivity index (χ0v) is 14.4. The number of nitrogen functional groups attached to an aromatic ring is 1. The highest BCUT2D eigenvalue weighted by Gasteiger charge is 2.24. The Morgan fingerprint density at radius 1 is 1.38 bits per heavy atom. The predicted molar refractivity (Wildman–Crippen MR) is 93.0 cm³/mol. The van der Waals surface area contributed by atoms with Gasteiger partial charge in [-0.2, -0.15) is 5.10 Å². The number of anilines is 1. The van der Waals surface area contributed by atoms with Crippen LogP contribution in [0.5, 0.6) is 0 Å². The average Bonchev–Trinajstić information content (AvgIpc) is 3.19. The van der Waals surface area contributed by atoms with Gasteiger partial charge in [0.15, 0.2) is 5.69 Å². The highest BCUT2D eigenvalue weighted by Crippen LogP contribution is 2.26. The van der Waals surface area contributed by atoms with E-state index in [2.05, 4.69) is 20.6 Å². The van der Waals surface area contributed by atoms with E-state index >= 15 is 0 Å². The summed E-state index contributed by atoms with van der Waals surface area (Å²) in [5, 5.41) is 16.2. The van der Waals surface area contributed by atoms with Gasteiger partial charge in [-0.25, -0.2) is 0 Å². The number of amides is 1. The Kier molecular flexibility index (Phi) is 4.77. The van der Waals surface area contributed by atoms with E-state index in [1.54, 1.807) is 10.9 Å². The zero-order valence-electron chi connectivity index (χ0n) is 12.8. The van der Waals surface area contributed by atoms with Crippen LogP contribution in [0.15, 0.2) is 36.5 Å². The van der Waals surface area contributed by atoms with Crippen molar-refractivity contribution in [2.24, 2.45) is 0 Å². The Labute approximate surface area is 147 Å². The van der Waals surface area contributed by atoms with E-state index in [1.165, 1.54) is 11.3 Å². The summed E-state index contributed by atoms with van der Waals surface area (Å²) < 4.78 is 1.61. The number of nitrogens with zero attached hydrogens (tertiary/aromatic N) is 4. The number of carbonyl (C=O) groups is 1. The minimum absolute atomic E-state index is 0.178. The van der Waals surface area contributed by atoms with Crippen molar-refractivity contribution in [1.29, 1.82) is 0 Å². The molecule has 7 nitrogen and oxygen atoms in total. The molecule has 0 aliphatic carbocycles. The Bertz CT molecular complexity index is 847. The predicted octanol–water partition coefficient (Wildman–Crippen LogP) is 2.51. The van der Waals surface area contributed by atoms with E-state index in [-0.39, 0.29) is 11.6 Å². The van der Waals surface area contributed by atoms with Gasteiger partial charge in [0.05, 0.1) is 5.02 Å². The summed E-state index contributed by atoms with van der Waals surface area (Å²) >= 11 is 7.33. The molecule has 0 spiro atoms. The van der Waals surface area contributed by atoms with Crippen LogP contribution in [0, 0.1) is 0 Å². The molecule has 1 amide bonds. The van der Waals surface area contributed by atoms with Crippen LogP contribution in [0.3, 0.4) is 0 Å². The first-order valence-electron chi connectivity index (χ1n) is 7.26. The van der Waals surface area contributed by atoms with Crippen molar-refractivity contribution in [1.82, 2.24) is 25.3 Å². The SMILES string of the molecule is CCn1cc(Cl)c(C(=O)NC(c2ccccc2)c2nnc(N)s2)n1. The minimum Gasteiger partial charge on any atom is -0.374 e. The quantitative estimate of drug-likeness (QED) is 0.726. The largest absolute Gasteiger partial charge is 0.374 e. The molecule has 0 saturated heterocycles. The molecule has 0 saturated carbocycles. The van der Waals surface area contributed by atoms with Gasteiger partial charge in [0.25, 0.3) is 5.91 Å². The molecule has 2 aromatic heterocycles. The lowest BCUT2D eigenvalue weighted by Crippen LogP contribution is -2.30. The van der Waals surface area contributed by atoms with Crippen LogP contribution in [0.1, 0.15) is 34.0 Å². The lowest BCUT2D eigenvalue weighted by atomic mass is 10.1. The van der Waals surface area contributed by atoms with Crippen molar-refractivity contribution in [2.75, 3.05) is 5.73 Å². The summed E-state index contributed by atoms with van der Waals surface area (Å²) in [7, 11) is 0. The van der Waals surface area contributed by atoms with E-state index in [0.29, 0.717) is 21.7 Å². The Hall–Kier alpha value is -2.45. The van der Waals surface area contributed by atoms with Gasteiger partial charge in [0.1, 0.15) is 11.0 Å². The molecule has 124 valence electrons. The van der Waals surface area contributed by atoms with Crippen LogP contribution < -0.4 is 11.1 Å². The summed E-state index contributed by atoms with van der Waals surface area (Å²) in [6, 6.07) is 8.99. The lowest BCUT2D eigenvalue weighted by molar-refractivity contribution is 0.0937. The highest BCUT2D eigenvalue weighted by molar-refractivity contribution is 7.15. The number of nitrogens with one attached hydrogen (secondary N) is 1. The fraction of sp³-hybridized carbons (Fsp3) is 0.200. The Balaban J connectivity index is 1.92. The van der Waals surface area contributed by atoms with E-state index in [1.807, 2.05) is 37.3 Å². The van der Waals surface area contributed by atoms with Crippen LogP contribution in [-0.2, 0) is 6.54 Å². The third-order valence-corrected chi connectivity index (χ3v) is 4.46. The van der Waals surface area contributed by atoms with Crippen LogP contribution in [-0.4, -0.2) is 25.9 Å². The first-order valence-corrected chi connectivity index (χ1v) is 8.45. The van der Waals surface area contributed by atoms with Crippen molar-refractivity contribution in [3.05, 3.63) is 57.8 Å². The third kappa shape index (κ3) is 3.39. The summed E-state index contributed by atoms with van der Waals surface area (Å²) in [5.74, 6) is -0.380. The highest BCUT2D eigenvalue weighted by atomic mass is 35.5. The van der Waals surface area contributed by atoms with E-state index in [4.69, 9.17) is 17.3 Å². The normalized spacial score (nSPS) is 12.1. The monoisotopic (exact) mass is 362 g/mol. The standard InChI is InChI=1S/C15H15ClN6OS/c1-2-22-8-10(16)12(21-22)13(23)18-11(9-6-4-3-5-7-9)14-19-20-15(17)24-14/h3-8,11H,2H2,1H3,(H2,17,20)(H,18,23). The van der Waals surface area contributed by atoms with Crippen LogP contribution in [0.2, 0.25) is 5.02 Å². The molecular formula is C15H15ClN6OS. The van der Waals surface area contributed by atoms with Gasteiger partial charge in [-0.15, -0.1) is 10.2 Å². The Morgan fingerprint density at radius 2 is 2.12 bits per heavy atom. The first-order chi connectivity index (χ1) is 11.6. The van der Waals surface area contributed by atoms with E-state index in [9.17, 15) is 4.79 Å². The molecule has 3 rings (SSSR count). The second kappa shape index (κ2) is 6.98. The molecule has 0 bridgehead atoms. The number of rotatable bonds is 5. The zero-order chi connectivity index (χ0) is 17.1. The van der Waals surface area contributed by atoms with Crippen molar-refractivity contribution < 1.29 is 4.79 Å². The lowest BCUT2D eigenvalue weighted by Gasteiger charge is -2.15. The van der Waals surface area contributed by atoms with Gasteiger partial charge < -0.3 is 11.1 Å². The summed E-state index contributed by atoms with van der Waals surface area (Å²) in [6.45, 7) is 2.55. The van der Waals surface area contributed by atoms with Gasteiger partial charge in [-0.3, -0.25) is 9.48 Å². The molecule has 24 heavy (non-hydrogen) atoms. The molecule has 1 unspecified atom stereocenters. The number of aryl methyl sites for hydroxylation is 1. The van der Waals surface area contributed by atoms with E-state index < -0.39 is 6.04 Å². The molecule has 3 aromatic rings. The summed E-state index contributed by atoms with van der Waals surface area (Å²) in [5.41, 5.74) is 6.72. The van der Waals surface area contributed by atoms with Gasteiger partial charge in [0.2, 0.25) is 5.13 Å². The maximum Gasteiger partial charge on any atom is 0.274 e. The van der Waals surface area contributed by atoms with Gasteiger partial charge in [0, 0.05) is 12.7 Å². The summed E-state index contributed by atoms with van der Waals surface area (Å²) in [4.78, 5) is 12.6. The van der Waals surface area contributed by atoms with Crippen molar-refractivity contribution in [2.45, 2.75) is 19.5 Å². The molecule has 0 aliphatic rings. The second-order valence-electron chi connectivity index (χ2n) is 4.98. The number of carbonyl (C=O) groups excluding carboxylic acids is 1. The maximum atomic E-state index is 12.6. The molecule has 3 N–H and O–H groups in total. The van der Waals surface area contributed by atoms with E-state index in [0.717, 1.165) is 5.56 Å². The molecule has 0 radical (unpaired) electrons. The topological polar surface area (TPSA) is 98.7 Å². The molecule has 9 heteroatoms. The first kappa shape index (κ1) is 16.4. The van der Waals surface area contributed by atoms with Crippen molar-refractivity contribution >= 4 is 34.0 Å². The number of hydrogen-bond acceptors (Lipinski definition) is 6. The van der Waals surface area contributed by atoms with Crippen molar-refractivity contribution in [3.8, 4) is 0 Å². The van der Waals surface area contributed by atoms with Gasteiger partial charge in [-0.05, 0) is 12.5 Å². The minimum atomic E-state index is -0.476. The van der Waals surface area contributed by atoms with Crippen LogP contribution in [0.4, 0.5) is 5.13 Å². The third-order valence-electron chi connectivity index (χ3n) is 3.37. The average molecular weight is 363 g/mol. The van der Waals surface area contributed by atoms with Crippen molar-refractivity contribution in [3.63, 3.8) is 0 Å².